The zero-order valence-corrected chi connectivity index (χ0v) is 17.7. The van der Waals surface area contributed by atoms with Crippen molar-refractivity contribution in [2.45, 2.75) is 52.6 Å². The molecule has 0 spiro atoms. The normalized spacial score (nSPS) is 14.6. The minimum absolute atomic E-state index is 0.0308. The van der Waals surface area contributed by atoms with Crippen LogP contribution in [0, 0.1) is 20.8 Å². The first-order chi connectivity index (χ1) is 13.9. The second kappa shape index (κ2) is 8.13. The summed E-state index contributed by atoms with van der Waals surface area (Å²) in [6.07, 6.45) is 4.58. The monoisotopic (exact) mass is 412 g/mol. The third-order valence-electron chi connectivity index (χ3n) is 5.35. The zero-order chi connectivity index (χ0) is 20.5. The van der Waals surface area contributed by atoms with Gasteiger partial charge in [-0.05, 0) is 62.9 Å². The molecule has 7 heteroatoms. The van der Waals surface area contributed by atoms with Crippen LogP contribution in [0.3, 0.4) is 0 Å². The third-order valence-corrected chi connectivity index (χ3v) is 5.78. The van der Waals surface area contributed by atoms with E-state index in [2.05, 4.69) is 15.4 Å². The van der Waals surface area contributed by atoms with Crippen LogP contribution in [0.5, 0.6) is 0 Å². The summed E-state index contributed by atoms with van der Waals surface area (Å²) in [5.74, 6) is 0.273. The van der Waals surface area contributed by atoms with Crippen molar-refractivity contribution in [2.75, 3.05) is 11.9 Å². The Morgan fingerprint density at radius 3 is 2.72 bits per heavy atom. The van der Waals surface area contributed by atoms with Gasteiger partial charge in [0.05, 0.1) is 11.7 Å². The number of benzene rings is 1. The van der Waals surface area contributed by atoms with Crippen LogP contribution in [0.2, 0.25) is 5.02 Å². The van der Waals surface area contributed by atoms with Gasteiger partial charge in [0.15, 0.2) is 11.5 Å². The fourth-order valence-corrected chi connectivity index (χ4v) is 4.01. The van der Waals surface area contributed by atoms with E-state index in [1.165, 1.54) is 12.8 Å². The van der Waals surface area contributed by atoms with E-state index < -0.39 is 0 Å². The van der Waals surface area contributed by atoms with Crippen LogP contribution in [0.4, 0.5) is 5.82 Å². The SMILES string of the molecule is Cc1cc(C)n2nc(NC(=O)COC3CCCC3)c(-c3ccc(Cl)c(C)c3)c2n1. The Hall–Kier alpha value is -2.44. The molecule has 29 heavy (non-hydrogen) atoms. The number of rotatable bonds is 5. The highest BCUT2D eigenvalue weighted by Crippen LogP contribution is 2.34. The van der Waals surface area contributed by atoms with E-state index in [0.29, 0.717) is 16.5 Å². The Kier molecular flexibility index (Phi) is 5.56. The third kappa shape index (κ3) is 4.14. The van der Waals surface area contributed by atoms with Gasteiger partial charge in [-0.3, -0.25) is 4.79 Å². The van der Waals surface area contributed by atoms with Crippen LogP contribution in [-0.4, -0.2) is 33.2 Å². The standard InChI is InChI=1S/C22H25ClN4O2/c1-13-10-16(8-9-18(13)23)20-21(25-19(28)12-29-17-6-4-5-7-17)26-27-15(3)11-14(2)24-22(20)27/h8-11,17H,4-7,12H2,1-3H3,(H,25,26,28). The lowest BCUT2D eigenvalue weighted by Crippen LogP contribution is -2.22. The number of aromatic nitrogens is 3. The van der Waals surface area contributed by atoms with Crippen LogP contribution < -0.4 is 5.32 Å². The first kappa shape index (κ1) is 19.9. The van der Waals surface area contributed by atoms with E-state index in [0.717, 1.165) is 40.9 Å². The van der Waals surface area contributed by atoms with E-state index in [-0.39, 0.29) is 18.6 Å². The molecule has 1 amide bonds. The highest BCUT2D eigenvalue weighted by atomic mass is 35.5. The van der Waals surface area contributed by atoms with Crippen LogP contribution in [-0.2, 0) is 9.53 Å². The average molecular weight is 413 g/mol. The number of hydrogen-bond acceptors (Lipinski definition) is 4. The van der Waals surface area contributed by atoms with Gasteiger partial charge < -0.3 is 10.1 Å². The van der Waals surface area contributed by atoms with Gasteiger partial charge in [0.25, 0.3) is 5.91 Å². The lowest BCUT2D eigenvalue weighted by molar-refractivity contribution is -0.122. The zero-order valence-electron chi connectivity index (χ0n) is 17.0. The Balaban J connectivity index is 1.71. The summed E-state index contributed by atoms with van der Waals surface area (Å²) in [6, 6.07) is 7.73. The lowest BCUT2D eigenvalue weighted by Gasteiger charge is -2.11. The minimum Gasteiger partial charge on any atom is -0.368 e. The second-order valence-electron chi connectivity index (χ2n) is 7.73. The number of anilines is 1. The van der Waals surface area contributed by atoms with Crippen LogP contribution >= 0.6 is 11.6 Å². The molecule has 0 saturated heterocycles. The minimum atomic E-state index is -0.207. The molecule has 0 atom stereocenters. The van der Waals surface area contributed by atoms with Crippen molar-refractivity contribution in [3.63, 3.8) is 0 Å². The molecule has 1 aliphatic rings. The summed E-state index contributed by atoms with van der Waals surface area (Å²) in [6.45, 7) is 5.91. The molecule has 0 bridgehead atoms. The summed E-state index contributed by atoms with van der Waals surface area (Å²) in [4.78, 5) is 17.3. The van der Waals surface area contributed by atoms with Gasteiger partial charge in [0.1, 0.15) is 6.61 Å². The second-order valence-corrected chi connectivity index (χ2v) is 8.13. The molecular weight excluding hydrogens is 388 g/mol. The largest absolute Gasteiger partial charge is 0.368 e. The van der Waals surface area contributed by atoms with Gasteiger partial charge in [-0.2, -0.15) is 0 Å². The van der Waals surface area contributed by atoms with Crippen LogP contribution in [0.1, 0.15) is 42.6 Å². The lowest BCUT2D eigenvalue weighted by atomic mass is 10.1. The van der Waals surface area contributed by atoms with Crippen molar-refractivity contribution < 1.29 is 9.53 Å². The predicted molar refractivity (Wildman–Crippen MR) is 114 cm³/mol. The molecule has 4 rings (SSSR count). The Bertz CT molecular complexity index is 1070. The van der Waals surface area contributed by atoms with Crippen molar-refractivity contribution in [3.05, 3.63) is 46.2 Å². The van der Waals surface area contributed by atoms with Gasteiger partial charge in [-0.25, -0.2) is 9.50 Å². The average Bonchev–Trinajstić information content (AvgIpc) is 3.30. The van der Waals surface area contributed by atoms with Gasteiger partial charge in [0, 0.05) is 16.4 Å². The molecule has 2 heterocycles. The number of ether oxygens (including phenoxy) is 1. The van der Waals surface area contributed by atoms with Crippen molar-refractivity contribution in [2.24, 2.45) is 0 Å². The van der Waals surface area contributed by atoms with Gasteiger partial charge >= 0.3 is 0 Å². The molecule has 1 aliphatic carbocycles. The molecule has 1 aromatic carbocycles. The van der Waals surface area contributed by atoms with Gasteiger partial charge in [0.2, 0.25) is 0 Å². The first-order valence-corrected chi connectivity index (χ1v) is 10.3. The smallest absolute Gasteiger partial charge is 0.251 e. The van der Waals surface area contributed by atoms with Crippen molar-refractivity contribution in [1.82, 2.24) is 14.6 Å². The maximum atomic E-state index is 12.6. The van der Waals surface area contributed by atoms with E-state index in [9.17, 15) is 4.79 Å². The molecule has 1 N–H and O–H groups in total. The number of carbonyl (C=O) groups excluding carboxylic acids is 1. The number of aryl methyl sites for hydroxylation is 3. The highest BCUT2D eigenvalue weighted by molar-refractivity contribution is 6.31. The fourth-order valence-electron chi connectivity index (χ4n) is 3.89. The summed E-state index contributed by atoms with van der Waals surface area (Å²) in [7, 11) is 0. The van der Waals surface area contributed by atoms with Gasteiger partial charge in [-0.1, -0.05) is 30.5 Å². The molecule has 1 fully saturated rings. The molecular formula is C22H25ClN4O2. The summed E-state index contributed by atoms with van der Waals surface area (Å²) < 4.78 is 7.52. The molecule has 6 nitrogen and oxygen atoms in total. The maximum absolute atomic E-state index is 12.6. The number of carbonyl (C=O) groups is 1. The van der Waals surface area contributed by atoms with E-state index in [1.807, 2.05) is 45.0 Å². The quantitative estimate of drug-likeness (QED) is 0.648. The number of hydrogen-bond donors (Lipinski definition) is 1. The predicted octanol–water partition coefficient (Wildman–Crippen LogP) is 4.87. The highest BCUT2D eigenvalue weighted by Gasteiger charge is 2.21. The number of halogens is 1. The fraction of sp³-hybridized carbons (Fsp3) is 0.409. The number of nitrogens with one attached hydrogen (secondary N) is 1. The van der Waals surface area contributed by atoms with Crippen molar-refractivity contribution in [1.29, 1.82) is 0 Å². The maximum Gasteiger partial charge on any atom is 0.251 e. The Morgan fingerprint density at radius 2 is 2.00 bits per heavy atom. The first-order valence-electron chi connectivity index (χ1n) is 9.97. The molecule has 0 unspecified atom stereocenters. The molecule has 0 radical (unpaired) electrons. The van der Waals surface area contributed by atoms with Crippen molar-refractivity contribution in [3.8, 4) is 11.1 Å². The topological polar surface area (TPSA) is 68.5 Å². The number of fused-ring (bicyclic) bond motifs is 1. The molecule has 152 valence electrons. The van der Waals surface area contributed by atoms with E-state index in [4.69, 9.17) is 16.3 Å². The Labute approximate surface area is 175 Å². The summed E-state index contributed by atoms with van der Waals surface area (Å²) >= 11 is 6.22. The number of nitrogens with zero attached hydrogens (tertiary/aromatic N) is 3. The Morgan fingerprint density at radius 1 is 1.24 bits per heavy atom. The van der Waals surface area contributed by atoms with Crippen LogP contribution in [0.25, 0.3) is 16.8 Å². The molecule has 3 aromatic rings. The van der Waals surface area contributed by atoms with Crippen LogP contribution in [0.15, 0.2) is 24.3 Å². The summed E-state index contributed by atoms with van der Waals surface area (Å²) in [5, 5.41) is 8.26. The van der Waals surface area contributed by atoms with E-state index >= 15 is 0 Å². The molecule has 2 aromatic heterocycles. The van der Waals surface area contributed by atoms with E-state index in [1.54, 1.807) is 4.52 Å². The summed E-state index contributed by atoms with van der Waals surface area (Å²) in [5.41, 5.74) is 5.19. The van der Waals surface area contributed by atoms with Gasteiger partial charge in [-0.15, -0.1) is 5.10 Å². The molecule has 0 aliphatic heterocycles. The van der Waals surface area contributed by atoms with Crippen molar-refractivity contribution >= 4 is 29.0 Å². The molecule has 1 saturated carbocycles. The number of amides is 1.